The summed E-state index contributed by atoms with van der Waals surface area (Å²) in [6.45, 7) is 2.22. The molecule has 0 unspecified atom stereocenters. The maximum atomic E-state index is 9.94. The maximum absolute atomic E-state index is 9.94. The molecule has 0 fully saturated rings. The first-order valence-corrected chi connectivity index (χ1v) is 5.07. The molecule has 0 aromatic rings. The van der Waals surface area contributed by atoms with E-state index in [-0.39, 0.29) is 0 Å². The Bertz CT molecular complexity index is 49.2. The van der Waals surface area contributed by atoms with Crippen molar-refractivity contribution in [1.29, 1.82) is 0 Å². The molecule has 61 valence electrons. The van der Waals surface area contributed by atoms with Crippen molar-refractivity contribution >= 4 is 12.0 Å². The maximum Gasteiger partial charge on any atom is 0.0326 e. The molecule has 2 heteroatoms. The Morgan fingerprint density at radius 1 is 1.00 bits per heavy atom. The summed E-state index contributed by atoms with van der Waals surface area (Å²) in [6.07, 6.45) is 7.67. The van der Waals surface area contributed by atoms with Crippen molar-refractivity contribution in [3.05, 3.63) is 0 Å². The summed E-state index contributed by atoms with van der Waals surface area (Å²) in [6, 6.07) is 0. The smallest absolute Gasteiger partial charge is 0.0326 e. The number of unbranched alkanes of at least 4 members (excludes halogenated alkanes) is 5. The van der Waals surface area contributed by atoms with Crippen molar-refractivity contribution in [2.75, 3.05) is 5.75 Å². The second kappa shape index (κ2) is 9.31. The molecule has 0 aliphatic rings. The van der Waals surface area contributed by atoms with Crippen LogP contribution in [0.5, 0.6) is 0 Å². The fourth-order valence-electron chi connectivity index (χ4n) is 0.941. The zero-order chi connectivity index (χ0) is 7.66. The summed E-state index contributed by atoms with van der Waals surface area (Å²) in [7, 11) is 0. The molecule has 0 bridgehead atoms. The molecular formula is C8H17OS. The van der Waals surface area contributed by atoms with Gasteiger partial charge < -0.3 is 0 Å². The lowest BCUT2D eigenvalue weighted by molar-refractivity contribution is 0.528. The van der Waals surface area contributed by atoms with E-state index in [0.29, 0.717) is 12.0 Å². The average Bonchev–Trinajstić information content (AvgIpc) is 1.97. The average molecular weight is 161 g/mol. The van der Waals surface area contributed by atoms with Crippen LogP contribution in [0.4, 0.5) is 0 Å². The van der Waals surface area contributed by atoms with Crippen LogP contribution in [0.25, 0.3) is 0 Å². The van der Waals surface area contributed by atoms with Gasteiger partial charge >= 0.3 is 0 Å². The third-order valence-electron chi connectivity index (χ3n) is 1.58. The van der Waals surface area contributed by atoms with Crippen molar-refractivity contribution in [2.45, 2.75) is 45.4 Å². The third kappa shape index (κ3) is 8.31. The van der Waals surface area contributed by atoms with Crippen LogP contribution in [0, 0.1) is 0 Å². The van der Waals surface area contributed by atoms with E-state index >= 15 is 0 Å². The fourth-order valence-corrected chi connectivity index (χ4v) is 1.26. The minimum Gasteiger partial charge on any atom is -0.151 e. The normalized spacial score (nSPS) is 10.2. The van der Waals surface area contributed by atoms with Gasteiger partial charge in [-0.3, -0.25) is 0 Å². The highest BCUT2D eigenvalue weighted by atomic mass is 32.2. The first-order valence-electron chi connectivity index (χ1n) is 4.16. The van der Waals surface area contributed by atoms with Crippen LogP contribution < -0.4 is 0 Å². The Morgan fingerprint density at radius 3 is 2.20 bits per heavy atom. The highest BCUT2D eigenvalue weighted by molar-refractivity contribution is 7.93. The molecule has 0 heterocycles. The molecule has 0 aliphatic heterocycles. The lowest BCUT2D eigenvalue weighted by Crippen LogP contribution is -1.80. The van der Waals surface area contributed by atoms with Crippen LogP contribution in [0.1, 0.15) is 45.4 Å². The molecule has 0 spiro atoms. The van der Waals surface area contributed by atoms with E-state index in [9.17, 15) is 4.55 Å². The summed E-state index contributed by atoms with van der Waals surface area (Å²) in [4.78, 5) is 0. The first kappa shape index (κ1) is 10.3. The Morgan fingerprint density at radius 2 is 1.60 bits per heavy atom. The zero-order valence-corrected chi connectivity index (χ0v) is 7.58. The van der Waals surface area contributed by atoms with Crippen LogP contribution in [0.3, 0.4) is 0 Å². The molecule has 0 rings (SSSR count). The summed E-state index contributed by atoms with van der Waals surface area (Å²) < 4.78 is 9.94. The van der Waals surface area contributed by atoms with Crippen molar-refractivity contribution in [3.8, 4) is 0 Å². The predicted molar refractivity (Wildman–Crippen MR) is 46.5 cm³/mol. The first-order chi connectivity index (χ1) is 4.91. The lowest BCUT2D eigenvalue weighted by atomic mass is 10.1. The highest BCUT2D eigenvalue weighted by Crippen LogP contribution is 2.07. The van der Waals surface area contributed by atoms with Crippen molar-refractivity contribution in [3.63, 3.8) is 0 Å². The van der Waals surface area contributed by atoms with Gasteiger partial charge in [-0.2, -0.15) is 4.55 Å². The van der Waals surface area contributed by atoms with Gasteiger partial charge in [-0.15, -0.1) is 0 Å². The SMILES string of the molecule is CCCCCCCCS[O]. The Hall–Kier alpha value is 0.310. The number of hydrogen-bond acceptors (Lipinski definition) is 1. The minimum absolute atomic E-state index is 0.715. The van der Waals surface area contributed by atoms with Gasteiger partial charge in [-0.1, -0.05) is 39.0 Å². The Labute approximate surface area is 68.4 Å². The molecule has 0 N–H and O–H groups in total. The fraction of sp³-hybridized carbons (Fsp3) is 1.00. The van der Waals surface area contributed by atoms with Crippen molar-refractivity contribution in [1.82, 2.24) is 0 Å². The quantitative estimate of drug-likeness (QED) is 0.413. The summed E-state index contributed by atoms with van der Waals surface area (Å²) >= 11 is 0.715. The van der Waals surface area contributed by atoms with E-state index in [1.54, 1.807) is 0 Å². The van der Waals surface area contributed by atoms with Crippen LogP contribution in [-0.4, -0.2) is 5.75 Å². The van der Waals surface area contributed by atoms with E-state index in [0.717, 1.165) is 12.2 Å². The number of rotatable bonds is 7. The molecule has 0 saturated carbocycles. The largest absolute Gasteiger partial charge is 0.151 e. The monoisotopic (exact) mass is 161 g/mol. The van der Waals surface area contributed by atoms with E-state index in [1.807, 2.05) is 0 Å². The molecular weight excluding hydrogens is 144 g/mol. The van der Waals surface area contributed by atoms with Gasteiger partial charge in [0.1, 0.15) is 0 Å². The standard InChI is InChI=1S/C8H17OS/c1-2-3-4-5-6-7-8-10-9/h2-8H2,1H3. The lowest BCUT2D eigenvalue weighted by Gasteiger charge is -1.96. The van der Waals surface area contributed by atoms with Crippen LogP contribution >= 0.6 is 12.0 Å². The highest BCUT2D eigenvalue weighted by Gasteiger charge is 1.89. The zero-order valence-electron chi connectivity index (χ0n) is 6.77. The summed E-state index contributed by atoms with van der Waals surface area (Å²) in [5.41, 5.74) is 0. The van der Waals surface area contributed by atoms with Gasteiger partial charge in [-0.25, -0.2) is 0 Å². The molecule has 0 amide bonds. The molecule has 0 aromatic carbocycles. The van der Waals surface area contributed by atoms with E-state index < -0.39 is 0 Å². The van der Waals surface area contributed by atoms with Crippen molar-refractivity contribution in [2.24, 2.45) is 0 Å². The predicted octanol–water partition coefficient (Wildman–Crippen LogP) is 3.43. The summed E-state index contributed by atoms with van der Waals surface area (Å²) in [5.74, 6) is 0.798. The van der Waals surface area contributed by atoms with Gasteiger partial charge in [0.05, 0.1) is 0 Å². The molecule has 0 aliphatic carbocycles. The Balaban J connectivity index is 2.65. The van der Waals surface area contributed by atoms with Crippen LogP contribution in [0.15, 0.2) is 0 Å². The topological polar surface area (TPSA) is 19.9 Å². The second-order valence-corrected chi connectivity index (χ2v) is 3.23. The Kier molecular flexibility index (Phi) is 9.60. The van der Waals surface area contributed by atoms with Gasteiger partial charge in [0.15, 0.2) is 0 Å². The van der Waals surface area contributed by atoms with Gasteiger partial charge in [0, 0.05) is 17.8 Å². The van der Waals surface area contributed by atoms with E-state index in [4.69, 9.17) is 0 Å². The van der Waals surface area contributed by atoms with E-state index in [1.165, 1.54) is 32.1 Å². The third-order valence-corrected chi connectivity index (χ3v) is 2.04. The second-order valence-electron chi connectivity index (χ2n) is 2.59. The van der Waals surface area contributed by atoms with Crippen LogP contribution in [0.2, 0.25) is 0 Å². The minimum atomic E-state index is 0.715. The molecule has 0 saturated heterocycles. The van der Waals surface area contributed by atoms with E-state index in [2.05, 4.69) is 6.92 Å². The van der Waals surface area contributed by atoms with Crippen molar-refractivity contribution < 1.29 is 4.55 Å². The van der Waals surface area contributed by atoms with Gasteiger partial charge in [0.25, 0.3) is 0 Å². The van der Waals surface area contributed by atoms with Gasteiger partial charge in [0.2, 0.25) is 0 Å². The molecule has 10 heavy (non-hydrogen) atoms. The summed E-state index contributed by atoms with van der Waals surface area (Å²) in [5, 5.41) is 0. The molecule has 0 aromatic heterocycles. The number of hydrogen-bond donors (Lipinski definition) is 0. The van der Waals surface area contributed by atoms with Crippen LogP contribution in [-0.2, 0) is 4.55 Å². The molecule has 1 nitrogen and oxygen atoms in total. The molecule has 0 atom stereocenters. The molecule has 1 radical (unpaired) electrons. The van der Waals surface area contributed by atoms with Gasteiger partial charge in [-0.05, 0) is 6.42 Å².